The fourth-order valence-corrected chi connectivity index (χ4v) is 2.09. The Labute approximate surface area is 102 Å². The Kier molecular flexibility index (Phi) is 2.13. The van der Waals surface area contributed by atoms with Crippen molar-refractivity contribution in [2.75, 3.05) is 5.73 Å². The van der Waals surface area contributed by atoms with Crippen molar-refractivity contribution in [2.24, 2.45) is 0 Å². The number of H-pyrrole nitrogens is 1. The average molecular weight is 243 g/mol. The summed E-state index contributed by atoms with van der Waals surface area (Å²) in [4.78, 5) is 22.7. The minimum absolute atomic E-state index is 0.127. The van der Waals surface area contributed by atoms with Crippen LogP contribution in [0.1, 0.15) is 19.9 Å². The molecule has 18 heavy (non-hydrogen) atoms. The van der Waals surface area contributed by atoms with E-state index < -0.39 is 0 Å². The molecule has 0 aliphatic carbocycles. The van der Waals surface area contributed by atoms with E-state index in [4.69, 9.17) is 5.73 Å². The molecule has 0 radical (unpaired) electrons. The largest absolute Gasteiger partial charge is 0.369 e. The SMILES string of the molecule is CC(C)n1cnc2cc3c(=O)[nH]c(N)nc3cc21. The lowest BCUT2D eigenvalue weighted by Crippen LogP contribution is -2.11. The number of rotatable bonds is 1. The molecule has 0 unspecified atom stereocenters. The third-order valence-electron chi connectivity index (χ3n) is 2.98. The highest BCUT2D eigenvalue weighted by molar-refractivity contribution is 5.93. The molecular formula is C12H13N5O. The molecule has 6 nitrogen and oxygen atoms in total. The zero-order chi connectivity index (χ0) is 12.9. The topological polar surface area (TPSA) is 89.6 Å². The summed E-state index contributed by atoms with van der Waals surface area (Å²) in [6.07, 6.45) is 1.77. The second-order valence-corrected chi connectivity index (χ2v) is 4.55. The molecule has 1 aromatic carbocycles. The van der Waals surface area contributed by atoms with Crippen LogP contribution in [0.5, 0.6) is 0 Å². The number of aromatic amines is 1. The van der Waals surface area contributed by atoms with E-state index in [0.29, 0.717) is 16.9 Å². The number of aromatic nitrogens is 4. The number of nitrogen functional groups attached to an aromatic ring is 1. The number of hydrogen-bond donors (Lipinski definition) is 2. The van der Waals surface area contributed by atoms with Crippen LogP contribution in [0.15, 0.2) is 23.3 Å². The van der Waals surface area contributed by atoms with Crippen LogP contribution >= 0.6 is 0 Å². The number of nitrogens with zero attached hydrogens (tertiary/aromatic N) is 3. The van der Waals surface area contributed by atoms with Crippen molar-refractivity contribution in [1.82, 2.24) is 19.5 Å². The molecule has 0 aliphatic heterocycles. The van der Waals surface area contributed by atoms with Gasteiger partial charge in [0.1, 0.15) is 0 Å². The molecule has 0 spiro atoms. The molecule has 0 bridgehead atoms. The molecule has 3 rings (SSSR count). The van der Waals surface area contributed by atoms with Gasteiger partial charge in [0, 0.05) is 6.04 Å². The van der Waals surface area contributed by atoms with E-state index in [0.717, 1.165) is 11.0 Å². The van der Waals surface area contributed by atoms with Crippen LogP contribution in [0.2, 0.25) is 0 Å². The fraction of sp³-hybridized carbons (Fsp3) is 0.250. The summed E-state index contributed by atoms with van der Waals surface area (Å²) in [5, 5.41) is 0.505. The van der Waals surface area contributed by atoms with Crippen LogP contribution in [0.3, 0.4) is 0 Å². The molecule has 3 N–H and O–H groups in total. The quantitative estimate of drug-likeness (QED) is 0.676. The van der Waals surface area contributed by atoms with E-state index in [-0.39, 0.29) is 11.5 Å². The maximum Gasteiger partial charge on any atom is 0.260 e. The Balaban J connectivity index is 2.46. The highest BCUT2D eigenvalue weighted by atomic mass is 16.1. The van der Waals surface area contributed by atoms with Crippen molar-refractivity contribution >= 4 is 27.9 Å². The van der Waals surface area contributed by atoms with E-state index >= 15 is 0 Å². The summed E-state index contributed by atoms with van der Waals surface area (Å²) in [6, 6.07) is 3.89. The number of benzene rings is 1. The van der Waals surface area contributed by atoms with Crippen molar-refractivity contribution in [1.29, 1.82) is 0 Å². The van der Waals surface area contributed by atoms with Crippen molar-refractivity contribution in [3.63, 3.8) is 0 Å². The summed E-state index contributed by atoms with van der Waals surface area (Å²) in [6.45, 7) is 4.15. The van der Waals surface area contributed by atoms with Gasteiger partial charge in [-0.2, -0.15) is 0 Å². The summed E-state index contributed by atoms with van der Waals surface area (Å²) in [7, 11) is 0. The third-order valence-corrected chi connectivity index (χ3v) is 2.98. The first kappa shape index (κ1) is 10.8. The van der Waals surface area contributed by atoms with Crippen LogP contribution < -0.4 is 11.3 Å². The van der Waals surface area contributed by atoms with Crippen LogP contribution in [0.25, 0.3) is 21.9 Å². The van der Waals surface area contributed by atoms with Crippen molar-refractivity contribution in [3.05, 3.63) is 28.8 Å². The number of anilines is 1. The lowest BCUT2D eigenvalue weighted by atomic mass is 10.2. The van der Waals surface area contributed by atoms with Gasteiger partial charge in [0.15, 0.2) is 0 Å². The summed E-state index contributed by atoms with van der Waals surface area (Å²) in [5.74, 6) is 0.127. The highest BCUT2D eigenvalue weighted by Crippen LogP contribution is 2.21. The summed E-state index contributed by atoms with van der Waals surface area (Å²) in [5.41, 5.74) is 7.64. The van der Waals surface area contributed by atoms with Crippen LogP contribution in [-0.2, 0) is 0 Å². The number of nitrogens with one attached hydrogen (secondary N) is 1. The van der Waals surface area contributed by atoms with Gasteiger partial charge in [-0.25, -0.2) is 9.97 Å². The Hall–Kier alpha value is -2.37. The van der Waals surface area contributed by atoms with Gasteiger partial charge in [0.05, 0.1) is 28.3 Å². The summed E-state index contributed by atoms with van der Waals surface area (Å²) >= 11 is 0. The first-order valence-corrected chi connectivity index (χ1v) is 5.72. The molecule has 0 fully saturated rings. The number of hydrogen-bond acceptors (Lipinski definition) is 4. The number of fused-ring (bicyclic) bond motifs is 2. The van der Waals surface area contributed by atoms with Crippen molar-refractivity contribution in [2.45, 2.75) is 19.9 Å². The van der Waals surface area contributed by atoms with Gasteiger partial charge in [0.25, 0.3) is 5.56 Å². The third kappa shape index (κ3) is 1.46. The molecule has 0 saturated carbocycles. The molecule has 2 heterocycles. The summed E-state index contributed by atoms with van der Waals surface area (Å²) < 4.78 is 2.04. The molecule has 0 atom stereocenters. The van der Waals surface area contributed by atoms with Gasteiger partial charge in [-0.1, -0.05) is 0 Å². The Morgan fingerprint density at radius 1 is 1.33 bits per heavy atom. The molecule has 0 amide bonds. The van der Waals surface area contributed by atoms with Crippen molar-refractivity contribution < 1.29 is 0 Å². The van der Waals surface area contributed by atoms with E-state index in [1.54, 1.807) is 12.4 Å². The second kappa shape index (κ2) is 3.56. The Morgan fingerprint density at radius 3 is 2.83 bits per heavy atom. The van der Waals surface area contributed by atoms with E-state index in [2.05, 4.69) is 28.8 Å². The minimum Gasteiger partial charge on any atom is -0.369 e. The zero-order valence-corrected chi connectivity index (χ0v) is 10.1. The van der Waals surface area contributed by atoms with Gasteiger partial charge in [-0.3, -0.25) is 9.78 Å². The molecule has 2 aromatic heterocycles. The molecule has 3 aromatic rings. The highest BCUT2D eigenvalue weighted by Gasteiger charge is 2.10. The number of imidazole rings is 1. The monoisotopic (exact) mass is 243 g/mol. The maximum absolute atomic E-state index is 11.8. The first-order valence-electron chi connectivity index (χ1n) is 5.72. The molecule has 92 valence electrons. The predicted octanol–water partition coefficient (Wildman–Crippen LogP) is 1.44. The lowest BCUT2D eigenvalue weighted by Gasteiger charge is -2.08. The minimum atomic E-state index is -0.238. The molecular weight excluding hydrogens is 230 g/mol. The van der Waals surface area contributed by atoms with Gasteiger partial charge < -0.3 is 10.3 Å². The Morgan fingerprint density at radius 2 is 2.11 bits per heavy atom. The zero-order valence-electron chi connectivity index (χ0n) is 10.1. The van der Waals surface area contributed by atoms with Gasteiger partial charge in [-0.15, -0.1) is 0 Å². The maximum atomic E-state index is 11.8. The van der Waals surface area contributed by atoms with Crippen LogP contribution in [-0.4, -0.2) is 19.5 Å². The van der Waals surface area contributed by atoms with Gasteiger partial charge in [-0.05, 0) is 26.0 Å². The van der Waals surface area contributed by atoms with E-state index in [1.165, 1.54) is 0 Å². The smallest absolute Gasteiger partial charge is 0.260 e. The van der Waals surface area contributed by atoms with Gasteiger partial charge >= 0.3 is 0 Å². The van der Waals surface area contributed by atoms with Crippen LogP contribution in [0, 0.1) is 0 Å². The lowest BCUT2D eigenvalue weighted by molar-refractivity contribution is 0.617. The standard InChI is InChI=1S/C12H13N5O/c1-6(2)17-5-14-9-3-7-8(4-10(9)17)15-12(13)16-11(7)18/h3-6H,1-2H3,(H3,13,15,16,18). The predicted molar refractivity (Wildman–Crippen MR) is 70.5 cm³/mol. The fourth-order valence-electron chi connectivity index (χ4n) is 2.09. The Bertz CT molecular complexity index is 799. The number of nitrogens with two attached hydrogens (primary N) is 1. The van der Waals surface area contributed by atoms with Crippen LogP contribution in [0.4, 0.5) is 5.95 Å². The average Bonchev–Trinajstić information content (AvgIpc) is 2.69. The van der Waals surface area contributed by atoms with Gasteiger partial charge in [0.2, 0.25) is 5.95 Å². The van der Waals surface area contributed by atoms with E-state index in [1.807, 2.05) is 10.6 Å². The second-order valence-electron chi connectivity index (χ2n) is 4.55. The normalized spacial score (nSPS) is 11.7. The molecule has 0 aliphatic rings. The van der Waals surface area contributed by atoms with E-state index in [9.17, 15) is 4.79 Å². The first-order chi connectivity index (χ1) is 8.56. The van der Waals surface area contributed by atoms with Crippen molar-refractivity contribution in [3.8, 4) is 0 Å². The molecule has 0 saturated heterocycles. The molecule has 6 heteroatoms.